The van der Waals surface area contributed by atoms with Crippen molar-refractivity contribution in [1.29, 1.82) is 0 Å². The molecule has 0 spiro atoms. The van der Waals surface area contributed by atoms with E-state index in [0.29, 0.717) is 30.6 Å². The number of aliphatic hydroxyl groups is 1. The molecule has 0 aliphatic rings. The predicted molar refractivity (Wildman–Crippen MR) is 90.8 cm³/mol. The number of benzene rings is 1. The Morgan fingerprint density at radius 2 is 1.91 bits per heavy atom. The molecular formula is C18H30N2O2. The molecule has 1 rings (SSSR count). The van der Waals surface area contributed by atoms with Crippen molar-refractivity contribution < 1.29 is 9.90 Å². The Morgan fingerprint density at radius 3 is 2.45 bits per heavy atom. The van der Waals surface area contributed by atoms with Crippen molar-refractivity contribution in [3.8, 4) is 0 Å². The molecule has 1 atom stereocenters. The molecule has 0 heterocycles. The van der Waals surface area contributed by atoms with Gasteiger partial charge in [-0.3, -0.25) is 9.69 Å². The second-order valence-electron chi connectivity index (χ2n) is 6.68. The lowest BCUT2D eigenvalue weighted by Gasteiger charge is -2.27. The Balaban J connectivity index is 2.75. The highest BCUT2D eigenvalue weighted by molar-refractivity contribution is 5.94. The summed E-state index contributed by atoms with van der Waals surface area (Å²) in [5, 5.41) is 12.6. The van der Waals surface area contributed by atoms with Gasteiger partial charge in [-0.15, -0.1) is 0 Å². The number of hydrogen-bond acceptors (Lipinski definition) is 3. The summed E-state index contributed by atoms with van der Waals surface area (Å²) in [5.41, 5.74) is 1.78. The fourth-order valence-electron chi connectivity index (χ4n) is 2.24. The number of carbonyl (C=O) groups is 1. The zero-order valence-corrected chi connectivity index (χ0v) is 14.5. The Bertz CT molecular complexity index is 470. The minimum atomic E-state index is -0.361. The number of amides is 1. The maximum atomic E-state index is 12.1. The van der Waals surface area contributed by atoms with Crippen LogP contribution in [0.3, 0.4) is 0 Å². The van der Waals surface area contributed by atoms with E-state index in [1.165, 1.54) is 0 Å². The lowest BCUT2D eigenvalue weighted by molar-refractivity contribution is 0.0946. The first kappa shape index (κ1) is 18.7. The van der Waals surface area contributed by atoms with Crippen LogP contribution in [0.15, 0.2) is 24.3 Å². The van der Waals surface area contributed by atoms with Gasteiger partial charge in [0.05, 0.1) is 6.10 Å². The third kappa shape index (κ3) is 6.58. The lowest BCUT2D eigenvalue weighted by Crippen LogP contribution is -2.36. The molecule has 1 aromatic rings. The van der Waals surface area contributed by atoms with Gasteiger partial charge in [-0.05, 0) is 44.4 Å². The van der Waals surface area contributed by atoms with Crippen LogP contribution in [-0.2, 0) is 6.54 Å². The van der Waals surface area contributed by atoms with E-state index in [9.17, 15) is 9.90 Å². The smallest absolute Gasteiger partial charge is 0.251 e. The van der Waals surface area contributed by atoms with Crippen molar-refractivity contribution in [2.24, 2.45) is 5.92 Å². The summed E-state index contributed by atoms with van der Waals surface area (Å²) >= 11 is 0. The summed E-state index contributed by atoms with van der Waals surface area (Å²) in [6.07, 6.45) is -0.361. The largest absolute Gasteiger partial charge is 0.392 e. The van der Waals surface area contributed by atoms with Crippen molar-refractivity contribution >= 4 is 5.91 Å². The minimum Gasteiger partial charge on any atom is -0.392 e. The van der Waals surface area contributed by atoms with Crippen LogP contribution < -0.4 is 5.32 Å². The summed E-state index contributed by atoms with van der Waals surface area (Å²) in [6, 6.07) is 8.06. The molecule has 0 aliphatic heterocycles. The number of nitrogens with zero attached hydrogens (tertiary/aromatic N) is 1. The Hall–Kier alpha value is -1.39. The SMILES string of the molecule is CC(C)CNC(=O)c1cccc(CN(CC(C)O)C(C)C)c1. The van der Waals surface area contributed by atoms with E-state index in [1.54, 1.807) is 6.92 Å². The molecular weight excluding hydrogens is 276 g/mol. The fraction of sp³-hybridized carbons (Fsp3) is 0.611. The number of aliphatic hydroxyl groups excluding tert-OH is 1. The van der Waals surface area contributed by atoms with Gasteiger partial charge in [0, 0.05) is 31.2 Å². The number of hydrogen-bond donors (Lipinski definition) is 2. The monoisotopic (exact) mass is 306 g/mol. The summed E-state index contributed by atoms with van der Waals surface area (Å²) < 4.78 is 0. The molecule has 4 nitrogen and oxygen atoms in total. The average Bonchev–Trinajstić information content (AvgIpc) is 2.43. The molecule has 4 heteroatoms. The number of carbonyl (C=O) groups excluding carboxylic acids is 1. The standard InChI is InChI=1S/C18H30N2O2/c1-13(2)10-19-18(22)17-8-6-7-16(9-17)12-20(14(3)4)11-15(5)21/h6-9,13-15,21H,10-12H2,1-5H3,(H,19,22). The zero-order valence-electron chi connectivity index (χ0n) is 14.5. The molecule has 0 bridgehead atoms. The summed E-state index contributed by atoms with van der Waals surface area (Å²) in [6.45, 7) is 12.2. The van der Waals surface area contributed by atoms with Gasteiger partial charge in [-0.25, -0.2) is 0 Å². The van der Waals surface area contributed by atoms with Crippen LogP contribution in [0.5, 0.6) is 0 Å². The van der Waals surface area contributed by atoms with Gasteiger partial charge in [0.1, 0.15) is 0 Å². The second-order valence-corrected chi connectivity index (χ2v) is 6.68. The van der Waals surface area contributed by atoms with Gasteiger partial charge in [-0.1, -0.05) is 26.0 Å². The first-order valence-electron chi connectivity index (χ1n) is 8.08. The summed E-state index contributed by atoms with van der Waals surface area (Å²) in [4.78, 5) is 14.3. The van der Waals surface area contributed by atoms with E-state index >= 15 is 0 Å². The third-order valence-corrected chi connectivity index (χ3v) is 3.47. The molecule has 124 valence electrons. The maximum absolute atomic E-state index is 12.1. The molecule has 0 saturated carbocycles. The normalized spacial score (nSPS) is 13.0. The second kappa shape index (κ2) is 8.91. The summed E-state index contributed by atoms with van der Waals surface area (Å²) in [5.74, 6) is 0.414. The molecule has 22 heavy (non-hydrogen) atoms. The van der Waals surface area contributed by atoms with E-state index in [0.717, 1.165) is 12.1 Å². The fourth-order valence-corrected chi connectivity index (χ4v) is 2.24. The minimum absolute atomic E-state index is 0.0258. The molecule has 0 radical (unpaired) electrons. The van der Waals surface area contributed by atoms with E-state index in [2.05, 4.69) is 37.9 Å². The van der Waals surface area contributed by atoms with E-state index in [1.807, 2.05) is 24.3 Å². The highest BCUT2D eigenvalue weighted by Crippen LogP contribution is 2.11. The van der Waals surface area contributed by atoms with Gasteiger partial charge in [-0.2, -0.15) is 0 Å². The summed E-state index contributed by atoms with van der Waals surface area (Å²) in [7, 11) is 0. The Kier molecular flexibility index (Phi) is 7.56. The maximum Gasteiger partial charge on any atom is 0.251 e. The van der Waals surface area contributed by atoms with Crippen LogP contribution >= 0.6 is 0 Å². The molecule has 2 N–H and O–H groups in total. The number of nitrogens with one attached hydrogen (secondary N) is 1. The zero-order chi connectivity index (χ0) is 16.7. The van der Waals surface area contributed by atoms with Gasteiger partial charge >= 0.3 is 0 Å². The molecule has 0 aliphatic carbocycles. The molecule has 1 aromatic carbocycles. The van der Waals surface area contributed by atoms with Gasteiger partial charge in [0.2, 0.25) is 0 Å². The number of rotatable bonds is 8. The molecule has 0 saturated heterocycles. The Labute approximate surface area is 134 Å². The van der Waals surface area contributed by atoms with E-state index in [4.69, 9.17) is 0 Å². The molecule has 1 amide bonds. The van der Waals surface area contributed by atoms with Crippen molar-refractivity contribution in [3.63, 3.8) is 0 Å². The predicted octanol–water partition coefficient (Wildman–Crippen LogP) is 2.66. The van der Waals surface area contributed by atoms with Crippen molar-refractivity contribution in [2.75, 3.05) is 13.1 Å². The van der Waals surface area contributed by atoms with Gasteiger partial charge < -0.3 is 10.4 Å². The lowest BCUT2D eigenvalue weighted by atomic mass is 10.1. The molecule has 0 aromatic heterocycles. The average molecular weight is 306 g/mol. The van der Waals surface area contributed by atoms with E-state index < -0.39 is 0 Å². The molecule has 0 fully saturated rings. The van der Waals surface area contributed by atoms with Crippen molar-refractivity contribution in [3.05, 3.63) is 35.4 Å². The van der Waals surface area contributed by atoms with Crippen molar-refractivity contribution in [2.45, 2.75) is 53.3 Å². The van der Waals surface area contributed by atoms with Crippen LogP contribution in [0, 0.1) is 5.92 Å². The quantitative estimate of drug-likeness (QED) is 0.776. The Morgan fingerprint density at radius 1 is 1.23 bits per heavy atom. The van der Waals surface area contributed by atoms with E-state index in [-0.39, 0.29) is 12.0 Å². The van der Waals surface area contributed by atoms with Gasteiger partial charge in [0.15, 0.2) is 0 Å². The van der Waals surface area contributed by atoms with Crippen LogP contribution in [0.1, 0.15) is 50.5 Å². The third-order valence-electron chi connectivity index (χ3n) is 3.47. The topological polar surface area (TPSA) is 52.6 Å². The van der Waals surface area contributed by atoms with Crippen LogP contribution in [0.25, 0.3) is 0 Å². The van der Waals surface area contributed by atoms with Crippen LogP contribution in [0.2, 0.25) is 0 Å². The first-order chi connectivity index (χ1) is 10.3. The van der Waals surface area contributed by atoms with Crippen LogP contribution in [0.4, 0.5) is 0 Å². The highest BCUT2D eigenvalue weighted by Gasteiger charge is 2.14. The van der Waals surface area contributed by atoms with Gasteiger partial charge in [0.25, 0.3) is 5.91 Å². The first-order valence-corrected chi connectivity index (χ1v) is 8.08. The van der Waals surface area contributed by atoms with Crippen LogP contribution in [-0.4, -0.2) is 41.1 Å². The highest BCUT2D eigenvalue weighted by atomic mass is 16.3. The van der Waals surface area contributed by atoms with Crippen molar-refractivity contribution in [1.82, 2.24) is 10.2 Å². The molecule has 1 unspecified atom stereocenters.